The number of carbonyl (C=O) groups excluding carboxylic acids is 3. The van der Waals surface area contributed by atoms with Crippen molar-refractivity contribution in [3.05, 3.63) is 0 Å². The Kier molecular flexibility index (Phi) is 19.6. The average Bonchev–Trinajstić information content (AvgIpc) is 3.21. The molecule has 0 radical (unpaired) electrons. The third-order valence-electron chi connectivity index (χ3n) is 10.5. The van der Waals surface area contributed by atoms with Gasteiger partial charge in [-0.15, -0.1) is 0 Å². The molecule has 25 nitrogen and oxygen atoms in total. The van der Waals surface area contributed by atoms with Crippen LogP contribution in [0.5, 0.6) is 0 Å². The van der Waals surface area contributed by atoms with Crippen molar-refractivity contribution < 1.29 is 113 Å². The molecule has 0 saturated carbocycles. The van der Waals surface area contributed by atoms with Crippen LogP contribution in [-0.4, -0.2) is 237 Å². The van der Waals surface area contributed by atoms with Crippen LogP contribution in [0.25, 0.3) is 0 Å². The Morgan fingerprint density at radius 3 is 1.52 bits per heavy atom. The largest absolute Gasteiger partial charge is 0.469 e. The van der Waals surface area contributed by atoms with E-state index in [1.165, 1.54) is 7.11 Å². The van der Waals surface area contributed by atoms with Crippen LogP contribution in [0.4, 0.5) is 0 Å². The van der Waals surface area contributed by atoms with Crippen molar-refractivity contribution in [2.24, 2.45) is 0 Å². The molecule has 60 heavy (non-hydrogen) atoms. The number of carbonyl (C=O) groups is 3. The molecule has 4 heterocycles. The van der Waals surface area contributed by atoms with E-state index in [0.717, 1.165) is 13.8 Å². The lowest BCUT2D eigenvalue weighted by atomic mass is 9.94. The monoisotopic (exact) mass is 876 g/mol. The van der Waals surface area contributed by atoms with Crippen LogP contribution in [0.2, 0.25) is 0 Å². The summed E-state index contributed by atoms with van der Waals surface area (Å²) in [5, 5.41) is 120. The van der Waals surface area contributed by atoms with E-state index >= 15 is 0 Å². The summed E-state index contributed by atoms with van der Waals surface area (Å²) < 4.78 is 51.1. The van der Waals surface area contributed by atoms with E-state index in [1.54, 1.807) is 0 Å². The predicted octanol–water partition coefficient (Wildman–Crippen LogP) is -7.70. The molecular weight excluding hydrogens is 816 g/mol. The number of esters is 1. The van der Waals surface area contributed by atoms with Crippen molar-refractivity contribution in [2.75, 3.05) is 40.1 Å². The number of hydrogen-bond acceptors (Lipinski definition) is 23. The number of aliphatic hydroxyl groups is 11. The van der Waals surface area contributed by atoms with Gasteiger partial charge in [-0.1, -0.05) is 6.42 Å². The fraction of sp³-hybridized carbons (Fsp3) is 0.914. The zero-order chi connectivity index (χ0) is 44.4. The predicted molar refractivity (Wildman–Crippen MR) is 191 cm³/mol. The summed E-state index contributed by atoms with van der Waals surface area (Å²) in [6.07, 6.45) is -28.8. The first-order valence-electron chi connectivity index (χ1n) is 19.5. The van der Waals surface area contributed by atoms with Gasteiger partial charge in [-0.25, -0.2) is 0 Å². The van der Waals surface area contributed by atoms with E-state index in [1.807, 2.05) is 0 Å². The quantitative estimate of drug-likeness (QED) is 0.0423. The van der Waals surface area contributed by atoms with Gasteiger partial charge >= 0.3 is 5.97 Å². The molecule has 4 saturated heterocycles. The smallest absolute Gasteiger partial charge is 0.305 e. The molecule has 0 aromatic carbocycles. The van der Waals surface area contributed by atoms with Crippen molar-refractivity contribution in [3.8, 4) is 0 Å². The van der Waals surface area contributed by atoms with Gasteiger partial charge in [0.05, 0.1) is 33.5 Å². The summed E-state index contributed by atoms with van der Waals surface area (Å²) in [5.41, 5.74) is 0. The minimum Gasteiger partial charge on any atom is -0.469 e. The summed E-state index contributed by atoms with van der Waals surface area (Å²) in [6, 6.07) is -2.86. The number of amides is 2. The van der Waals surface area contributed by atoms with Gasteiger partial charge in [-0.2, -0.15) is 0 Å². The minimum atomic E-state index is -1.93. The van der Waals surface area contributed by atoms with Crippen LogP contribution in [0, 0.1) is 0 Å². The molecule has 4 aliphatic rings. The van der Waals surface area contributed by atoms with E-state index in [0.29, 0.717) is 19.3 Å². The Balaban J connectivity index is 1.57. The molecular formula is C35H60N2O23. The zero-order valence-corrected chi connectivity index (χ0v) is 33.2. The lowest BCUT2D eigenvalue weighted by Gasteiger charge is -2.49. The van der Waals surface area contributed by atoms with Gasteiger partial charge in [0.1, 0.15) is 97.5 Å². The van der Waals surface area contributed by atoms with Crippen LogP contribution >= 0.6 is 0 Å². The Bertz CT molecular complexity index is 1350. The molecule has 0 spiro atoms. The Morgan fingerprint density at radius 1 is 0.517 bits per heavy atom. The molecule has 348 valence electrons. The molecule has 4 aliphatic heterocycles. The summed E-state index contributed by atoms with van der Waals surface area (Å²) >= 11 is 0. The number of unbranched alkanes of at least 4 members (excludes halogenated alkanes) is 2. The van der Waals surface area contributed by atoms with E-state index in [-0.39, 0.29) is 13.0 Å². The maximum atomic E-state index is 12.5. The van der Waals surface area contributed by atoms with E-state index in [9.17, 15) is 70.6 Å². The molecule has 4 rings (SSSR count). The van der Waals surface area contributed by atoms with Crippen LogP contribution in [0.15, 0.2) is 0 Å². The van der Waals surface area contributed by atoms with Crippen molar-refractivity contribution in [3.63, 3.8) is 0 Å². The summed E-state index contributed by atoms with van der Waals surface area (Å²) in [7, 11) is 1.26. The van der Waals surface area contributed by atoms with Crippen molar-refractivity contribution in [1.29, 1.82) is 0 Å². The molecule has 0 bridgehead atoms. The third kappa shape index (κ3) is 12.4. The van der Waals surface area contributed by atoms with Crippen LogP contribution < -0.4 is 10.6 Å². The highest BCUT2D eigenvalue weighted by atomic mass is 16.8. The first kappa shape index (κ1) is 50.3. The molecule has 2 amide bonds. The summed E-state index contributed by atoms with van der Waals surface area (Å²) in [5.74, 6) is -1.75. The van der Waals surface area contributed by atoms with Crippen molar-refractivity contribution in [1.82, 2.24) is 10.6 Å². The van der Waals surface area contributed by atoms with Crippen LogP contribution in [0.3, 0.4) is 0 Å². The van der Waals surface area contributed by atoms with Crippen molar-refractivity contribution >= 4 is 17.8 Å². The SMILES string of the molecule is COC(=O)CCCCCO[C@H]1O[C@H](CO[C@@H]2O[C@H](CO)[C@@H](O[C@@H]3O[C@H](CO)[C@H](O)[C@H](O)[C@H]3O)[C@H](O)[C@H]2NC(C)=O)[C@H](O)[C@H](O[C@@H]2O[C@H](CO)[C@H](O)[C@H](O)[C@H]2O)[C@H]1NC(C)=O. The number of hydrogen-bond donors (Lipinski definition) is 13. The number of aliphatic hydroxyl groups excluding tert-OH is 11. The highest BCUT2D eigenvalue weighted by molar-refractivity contribution is 5.73. The second kappa shape index (κ2) is 23.4. The molecule has 0 unspecified atom stereocenters. The Labute approximate surface area is 343 Å². The first-order valence-corrected chi connectivity index (χ1v) is 19.5. The van der Waals surface area contributed by atoms with Gasteiger partial charge in [0.2, 0.25) is 11.8 Å². The number of methoxy groups -OCH3 is 1. The van der Waals surface area contributed by atoms with Gasteiger partial charge in [-0.3, -0.25) is 14.4 Å². The van der Waals surface area contributed by atoms with Crippen LogP contribution in [0.1, 0.15) is 39.5 Å². The molecule has 0 aromatic heterocycles. The first-order chi connectivity index (χ1) is 28.5. The van der Waals surface area contributed by atoms with Gasteiger partial charge < -0.3 is 109 Å². The highest BCUT2D eigenvalue weighted by Crippen LogP contribution is 2.33. The normalized spacial score (nSPS) is 42.3. The summed E-state index contributed by atoms with van der Waals surface area (Å²) in [4.78, 5) is 36.3. The van der Waals surface area contributed by atoms with Crippen molar-refractivity contribution in [2.45, 2.75) is 162 Å². The second-order valence-electron chi connectivity index (χ2n) is 14.9. The molecule has 20 atom stereocenters. The fourth-order valence-corrected chi connectivity index (χ4v) is 7.22. The maximum absolute atomic E-state index is 12.5. The zero-order valence-electron chi connectivity index (χ0n) is 33.2. The van der Waals surface area contributed by atoms with Crippen LogP contribution in [-0.2, 0) is 57.0 Å². The highest BCUT2D eigenvalue weighted by Gasteiger charge is 2.54. The van der Waals surface area contributed by atoms with Gasteiger partial charge in [0.15, 0.2) is 25.2 Å². The fourth-order valence-electron chi connectivity index (χ4n) is 7.22. The lowest BCUT2D eigenvalue weighted by Crippen LogP contribution is -2.69. The maximum Gasteiger partial charge on any atom is 0.305 e. The molecule has 0 aliphatic carbocycles. The molecule has 25 heteroatoms. The number of ether oxygens (including phenoxy) is 9. The van der Waals surface area contributed by atoms with E-state index in [4.69, 9.17) is 37.9 Å². The number of rotatable bonds is 19. The molecule has 4 fully saturated rings. The van der Waals surface area contributed by atoms with Gasteiger partial charge in [0.25, 0.3) is 0 Å². The van der Waals surface area contributed by atoms with Gasteiger partial charge in [0, 0.05) is 26.9 Å². The topological polar surface area (TPSA) is 381 Å². The van der Waals surface area contributed by atoms with E-state index in [2.05, 4.69) is 15.4 Å². The minimum absolute atomic E-state index is 0.0189. The summed E-state index contributed by atoms with van der Waals surface area (Å²) in [6.45, 7) is -0.890. The third-order valence-corrected chi connectivity index (χ3v) is 10.5. The number of nitrogens with one attached hydrogen (secondary N) is 2. The standard InChI is InChI=1S/C35H60N2O23/c1-13(41)36-20-25(47)30(59-34-28(50)26(48)22(44)15(9-38)55-34)17(11-40)57-32(20)54-12-18-24(46)31(60-35-29(51)27(49)23(45)16(10-39)56-35)21(37-14(2)42)33(58-18)53-8-6-4-5-7-19(43)52-3/h15-18,20-35,38-40,44-51H,4-12H2,1-3H3,(H,36,41)(H,37,42)/t15-,16-,17-,18-,20-,21-,22+,23+,24+,25-,26+,27+,28-,29-,30-,31-,32-,33+,34+,35+/m1/s1. The van der Waals surface area contributed by atoms with E-state index < -0.39 is 167 Å². The van der Waals surface area contributed by atoms with Gasteiger partial charge in [-0.05, 0) is 12.8 Å². The second-order valence-corrected chi connectivity index (χ2v) is 14.9. The Hall–Kier alpha value is -2.35. The average molecular weight is 877 g/mol. The molecule has 13 N–H and O–H groups in total. The Morgan fingerprint density at radius 2 is 1.00 bits per heavy atom. The molecule has 0 aromatic rings. The lowest BCUT2D eigenvalue weighted by molar-refractivity contribution is -0.357.